The van der Waals surface area contributed by atoms with Crippen molar-refractivity contribution in [2.45, 2.75) is 32.0 Å². The molecule has 2 heterocycles. The highest BCUT2D eigenvalue weighted by atomic mass is 32.1. The van der Waals surface area contributed by atoms with Gasteiger partial charge in [-0.1, -0.05) is 41.7 Å². The van der Waals surface area contributed by atoms with E-state index in [4.69, 9.17) is 0 Å². The van der Waals surface area contributed by atoms with Crippen LogP contribution in [0.1, 0.15) is 30.0 Å². The first-order chi connectivity index (χ1) is 13.6. The Hall–Kier alpha value is -3.01. The number of alkyl halides is 3. The van der Waals surface area contributed by atoms with Crippen LogP contribution >= 0.6 is 11.3 Å². The fourth-order valence-corrected chi connectivity index (χ4v) is 3.53. The summed E-state index contributed by atoms with van der Waals surface area (Å²) in [7, 11) is 0. The lowest BCUT2D eigenvalue weighted by atomic mass is 9.85. The molecule has 0 bridgehead atoms. The molecule has 0 saturated heterocycles. The zero-order valence-corrected chi connectivity index (χ0v) is 16.3. The molecule has 1 amide bonds. The molecular formula is C19H17F3N4O2S. The van der Waals surface area contributed by atoms with Crippen LogP contribution in [-0.4, -0.2) is 20.7 Å². The van der Waals surface area contributed by atoms with E-state index in [-0.39, 0.29) is 5.13 Å². The number of benzene rings is 1. The van der Waals surface area contributed by atoms with Crippen LogP contribution in [0.5, 0.6) is 0 Å². The molecule has 0 aliphatic carbocycles. The Labute approximate surface area is 168 Å². The van der Waals surface area contributed by atoms with Gasteiger partial charge in [0, 0.05) is 17.7 Å². The minimum Gasteiger partial charge on any atom is -0.305 e. The first-order valence-corrected chi connectivity index (χ1v) is 9.36. The minimum absolute atomic E-state index is 0.203. The average Bonchev–Trinajstić information content (AvgIpc) is 3.12. The van der Waals surface area contributed by atoms with E-state index in [0.717, 1.165) is 23.0 Å². The SMILES string of the molecule is CC(C)(c1ccccc1)c1nnc(NC(=O)Cn2cc(C(F)(F)F)ccc2=O)s1. The molecule has 29 heavy (non-hydrogen) atoms. The summed E-state index contributed by atoms with van der Waals surface area (Å²) < 4.78 is 39.1. The van der Waals surface area contributed by atoms with Crippen molar-refractivity contribution >= 4 is 22.4 Å². The number of rotatable bonds is 5. The van der Waals surface area contributed by atoms with Crippen molar-refractivity contribution in [3.8, 4) is 0 Å². The van der Waals surface area contributed by atoms with E-state index in [1.54, 1.807) is 0 Å². The van der Waals surface area contributed by atoms with Crippen molar-refractivity contribution < 1.29 is 18.0 Å². The molecule has 1 aromatic carbocycles. The summed E-state index contributed by atoms with van der Waals surface area (Å²) in [6.45, 7) is 3.37. The topological polar surface area (TPSA) is 76.9 Å². The summed E-state index contributed by atoms with van der Waals surface area (Å²) in [6, 6.07) is 11.1. The van der Waals surface area contributed by atoms with Gasteiger partial charge >= 0.3 is 6.18 Å². The van der Waals surface area contributed by atoms with Crippen LogP contribution in [0.25, 0.3) is 0 Å². The van der Waals surface area contributed by atoms with Crippen molar-refractivity contribution in [3.05, 3.63) is 75.1 Å². The fourth-order valence-electron chi connectivity index (χ4n) is 2.64. The van der Waals surface area contributed by atoms with Crippen molar-refractivity contribution in [1.29, 1.82) is 0 Å². The number of aromatic nitrogens is 3. The van der Waals surface area contributed by atoms with Gasteiger partial charge in [0.15, 0.2) is 0 Å². The van der Waals surface area contributed by atoms with Crippen LogP contribution in [-0.2, 0) is 22.9 Å². The lowest BCUT2D eigenvalue weighted by molar-refractivity contribution is -0.138. The fraction of sp³-hybridized carbons (Fsp3) is 0.263. The average molecular weight is 422 g/mol. The number of carbonyl (C=O) groups is 1. The second-order valence-electron chi connectivity index (χ2n) is 6.83. The normalized spacial score (nSPS) is 12.0. The van der Waals surface area contributed by atoms with E-state index in [9.17, 15) is 22.8 Å². The smallest absolute Gasteiger partial charge is 0.305 e. The van der Waals surface area contributed by atoms with Crippen molar-refractivity contribution in [2.24, 2.45) is 0 Å². The van der Waals surface area contributed by atoms with Crippen molar-refractivity contribution in [2.75, 3.05) is 5.32 Å². The van der Waals surface area contributed by atoms with Crippen LogP contribution in [0, 0.1) is 0 Å². The molecule has 0 aliphatic rings. The molecule has 152 valence electrons. The molecule has 0 saturated carbocycles. The lowest BCUT2D eigenvalue weighted by Gasteiger charge is -2.21. The Morgan fingerprint density at radius 2 is 1.76 bits per heavy atom. The number of amides is 1. The quantitative estimate of drug-likeness (QED) is 0.681. The van der Waals surface area contributed by atoms with Gasteiger partial charge in [-0.3, -0.25) is 14.9 Å². The van der Waals surface area contributed by atoms with Gasteiger partial charge in [0.2, 0.25) is 11.0 Å². The van der Waals surface area contributed by atoms with Crippen molar-refractivity contribution in [3.63, 3.8) is 0 Å². The Balaban J connectivity index is 1.74. The number of carbonyl (C=O) groups excluding carboxylic acids is 1. The van der Waals surface area contributed by atoms with Gasteiger partial charge < -0.3 is 4.57 Å². The largest absolute Gasteiger partial charge is 0.417 e. The lowest BCUT2D eigenvalue weighted by Crippen LogP contribution is -2.28. The summed E-state index contributed by atoms with van der Waals surface area (Å²) in [4.78, 5) is 24.0. The summed E-state index contributed by atoms with van der Waals surface area (Å²) in [5.41, 5.74) is -1.14. The highest BCUT2D eigenvalue weighted by molar-refractivity contribution is 7.15. The molecule has 3 rings (SSSR count). The van der Waals surface area contributed by atoms with E-state index >= 15 is 0 Å². The number of hydrogen-bond donors (Lipinski definition) is 1. The highest BCUT2D eigenvalue weighted by Gasteiger charge is 2.31. The Morgan fingerprint density at radius 1 is 1.07 bits per heavy atom. The molecule has 1 N–H and O–H groups in total. The van der Waals surface area contributed by atoms with E-state index in [1.165, 1.54) is 0 Å². The van der Waals surface area contributed by atoms with E-state index < -0.39 is 35.2 Å². The van der Waals surface area contributed by atoms with Gasteiger partial charge in [0.1, 0.15) is 11.6 Å². The standard InChI is InChI=1S/C19H17F3N4O2S/c1-18(2,12-6-4-3-5-7-12)16-24-25-17(29-16)23-14(27)11-26-10-13(19(20,21)22)8-9-15(26)28/h3-10H,11H2,1-2H3,(H,23,25,27). The minimum atomic E-state index is -4.61. The van der Waals surface area contributed by atoms with Crippen molar-refractivity contribution in [1.82, 2.24) is 14.8 Å². The van der Waals surface area contributed by atoms with Gasteiger partial charge in [0.25, 0.3) is 5.56 Å². The number of nitrogens with zero attached hydrogens (tertiary/aromatic N) is 3. The number of nitrogens with one attached hydrogen (secondary N) is 1. The molecule has 2 aromatic heterocycles. The first-order valence-electron chi connectivity index (χ1n) is 8.54. The third-order valence-corrected chi connectivity index (χ3v) is 5.49. The number of pyridine rings is 1. The predicted molar refractivity (Wildman–Crippen MR) is 103 cm³/mol. The monoisotopic (exact) mass is 422 g/mol. The van der Waals surface area contributed by atoms with Crippen LogP contribution in [0.3, 0.4) is 0 Å². The maximum atomic E-state index is 12.8. The summed E-state index contributed by atoms with van der Waals surface area (Å²) in [5, 5.41) is 11.4. The second-order valence-corrected chi connectivity index (χ2v) is 7.81. The third-order valence-electron chi connectivity index (χ3n) is 4.33. The van der Waals surface area contributed by atoms with Crippen LogP contribution < -0.4 is 10.9 Å². The molecular weight excluding hydrogens is 405 g/mol. The van der Waals surface area contributed by atoms with Gasteiger partial charge in [-0.15, -0.1) is 10.2 Å². The number of halogens is 3. The predicted octanol–water partition coefficient (Wildman–Crippen LogP) is 3.68. The molecule has 0 atom stereocenters. The summed E-state index contributed by atoms with van der Waals surface area (Å²) in [6.07, 6.45) is -3.99. The van der Waals surface area contributed by atoms with E-state index in [1.807, 2.05) is 44.2 Å². The first kappa shape index (κ1) is 20.7. The Kier molecular flexibility index (Phi) is 5.56. The summed E-state index contributed by atoms with van der Waals surface area (Å²) >= 11 is 1.16. The third kappa shape index (κ3) is 4.70. The van der Waals surface area contributed by atoms with Gasteiger partial charge in [0.05, 0.1) is 5.56 Å². The zero-order chi connectivity index (χ0) is 21.2. The molecule has 10 heteroatoms. The van der Waals surface area contributed by atoms with E-state index in [0.29, 0.717) is 21.8 Å². The van der Waals surface area contributed by atoms with Crippen LogP contribution in [0.2, 0.25) is 0 Å². The van der Waals surface area contributed by atoms with Gasteiger partial charge in [-0.25, -0.2) is 0 Å². The maximum absolute atomic E-state index is 12.8. The molecule has 0 radical (unpaired) electrons. The molecule has 0 fully saturated rings. The van der Waals surface area contributed by atoms with Gasteiger partial charge in [-0.2, -0.15) is 13.2 Å². The second kappa shape index (κ2) is 7.78. The maximum Gasteiger partial charge on any atom is 0.417 e. The number of hydrogen-bond acceptors (Lipinski definition) is 5. The van der Waals surface area contributed by atoms with Gasteiger partial charge in [-0.05, 0) is 25.5 Å². The molecule has 0 spiro atoms. The zero-order valence-electron chi connectivity index (χ0n) is 15.5. The highest BCUT2D eigenvalue weighted by Crippen LogP contribution is 2.34. The molecule has 0 aliphatic heterocycles. The van der Waals surface area contributed by atoms with Crippen LogP contribution in [0.15, 0.2) is 53.5 Å². The molecule has 0 unspecified atom stereocenters. The van der Waals surface area contributed by atoms with Crippen LogP contribution in [0.4, 0.5) is 18.3 Å². The molecule has 6 nitrogen and oxygen atoms in total. The summed E-state index contributed by atoms with van der Waals surface area (Å²) in [5.74, 6) is -0.674. The van der Waals surface area contributed by atoms with E-state index in [2.05, 4.69) is 15.5 Å². The Bertz CT molecular complexity index is 1070. The molecule has 3 aromatic rings. The Morgan fingerprint density at radius 3 is 2.41 bits per heavy atom. The number of anilines is 1.